The molecule has 1 aromatic heterocycles. The van der Waals surface area contributed by atoms with Gasteiger partial charge in [-0.25, -0.2) is 4.39 Å². The number of fused-ring (bicyclic) bond motifs is 1. The molecule has 0 spiro atoms. The van der Waals surface area contributed by atoms with E-state index in [9.17, 15) is 4.39 Å². The molecule has 1 heterocycles. The van der Waals surface area contributed by atoms with Crippen molar-refractivity contribution in [3.8, 4) is 11.5 Å². The number of nitrogen functional groups attached to an aromatic ring is 1. The smallest absolute Gasteiger partial charge is 0.153 e. The molecule has 5 heteroatoms. The molecule has 3 nitrogen and oxygen atoms in total. The lowest BCUT2D eigenvalue weighted by molar-refractivity contribution is 0.485. The van der Waals surface area contributed by atoms with Gasteiger partial charge in [0.1, 0.15) is 17.1 Å². The highest BCUT2D eigenvalue weighted by atomic mass is 35.5. The van der Waals surface area contributed by atoms with Gasteiger partial charge in [-0.15, -0.1) is 0 Å². The molecular weight excluding hydrogens is 279 g/mol. The molecule has 20 heavy (non-hydrogen) atoms. The third kappa shape index (κ3) is 2.26. The summed E-state index contributed by atoms with van der Waals surface area (Å²) in [6.07, 6.45) is 1.65. The number of aromatic nitrogens is 1. The SMILES string of the molecule is Nc1ccc(Oc2ccc(F)cc2Cl)c2ncccc12. The molecule has 0 unspecified atom stereocenters. The van der Waals surface area contributed by atoms with E-state index in [1.54, 1.807) is 24.4 Å². The topological polar surface area (TPSA) is 48.1 Å². The maximum atomic E-state index is 13.0. The summed E-state index contributed by atoms with van der Waals surface area (Å²) in [4.78, 5) is 4.26. The fourth-order valence-corrected chi connectivity index (χ4v) is 2.13. The van der Waals surface area contributed by atoms with Crippen molar-refractivity contribution < 1.29 is 9.13 Å². The van der Waals surface area contributed by atoms with Crippen LogP contribution in [0.5, 0.6) is 11.5 Å². The normalized spacial score (nSPS) is 10.7. The second-order valence-corrected chi connectivity index (χ2v) is 4.64. The van der Waals surface area contributed by atoms with E-state index in [0.29, 0.717) is 22.7 Å². The maximum Gasteiger partial charge on any atom is 0.153 e. The largest absolute Gasteiger partial charge is 0.454 e. The second kappa shape index (κ2) is 4.98. The van der Waals surface area contributed by atoms with Gasteiger partial charge in [-0.1, -0.05) is 11.6 Å². The summed E-state index contributed by atoms with van der Waals surface area (Å²) in [5.74, 6) is 0.468. The highest BCUT2D eigenvalue weighted by molar-refractivity contribution is 6.32. The number of hydrogen-bond acceptors (Lipinski definition) is 3. The first-order valence-electron chi connectivity index (χ1n) is 5.91. The predicted octanol–water partition coefficient (Wildman–Crippen LogP) is 4.40. The Labute approximate surface area is 119 Å². The summed E-state index contributed by atoms with van der Waals surface area (Å²) in [6, 6.07) is 11.1. The van der Waals surface area contributed by atoms with Gasteiger partial charge in [-0.3, -0.25) is 4.98 Å². The van der Waals surface area contributed by atoms with E-state index in [2.05, 4.69) is 4.98 Å². The van der Waals surface area contributed by atoms with Gasteiger partial charge >= 0.3 is 0 Å². The van der Waals surface area contributed by atoms with E-state index in [4.69, 9.17) is 22.1 Å². The highest BCUT2D eigenvalue weighted by Gasteiger charge is 2.09. The zero-order chi connectivity index (χ0) is 14.1. The minimum atomic E-state index is -0.414. The summed E-state index contributed by atoms with van der Waals surface area (Å²) in [7, 11) is 0. The molecule has 0 bridgehead atoms. The Morgan fingerprint density at radius 1 is 1.10 bits per heavy atom. The first-order valence-corrected chi connectivity index (χ1v) is 6.29. The Bertz CT molecular complexity index is 792. The molecule has 3 rings (SSSR count). The molecule has 0 amide bonds. The Hall–Kier alpha value is -2.33. The van der Waals surface area contributed by atoms with Crippen LogP contribution in [0.1, 0.15) is 0 Å². The molecule has 0 radical (unpaired) electrons. The summed E-state index contributed by atoms with van der Waals surface area (Å²) in [5.41, 5.74) is 7.15. The van der Waals surface area contributed by atoms with E-state index in [0.717, 1.165) is 5.39 Å². The van der Waals surface area contributed by atoms with Crippen LogP contribution in [0.15, 0.2) is 48.7 Å². The summed E-state index contributed by atoms with van der Waals surface area (Å²) in [5, 5.41) is 0.995. The number of hydrogen-bond donors (Lipinski definition) is 1. The molecule has 0 saturated heterocycles. The Morgan fingerprint density at radius 3 is 2.70 bits per heavy atom. The number of halogens is 2. The van der Waals surface area contributed by atoms with Crippen LogP contribution in [0.2, 0.25) is 5.02 Å². The van der Waals surface area contributed by atoms with E-state index < -0.39 is 5.82 Å². The third-order valence-corrected chi connectivity index (χ3v) is 3.18. The van der Waals surface area contributed by atoms with Crippen molar-refractivity contribution in [3.63, 3.8) is 0 Å². The third-order valence-electron chi connectivity index (χ3n) is 2.88. The molecule has 0 aliphatic carbocycles. The highest BCUT2D eigenvalue weighted by Crippen LogP contribution is 2.34. The second-order valence-electron chi connectivity index (χ2n) is 4.23. The van der Waals surface area contributed by atoms with E-state index in [-0.39, 0.29) is 5.02 Å². The van der Waals surface area contributed by atoms with Crippen LogP contribution in [0.4, 0.5) is 10.1 Å². The lowest BCUT2D eigenvalue weighted by Gasteiger charge is -2.10. The number of pyridine rings is 1. The number of anilines is 1. The van der Waals surface area contributed by atoms with Crippen molar-refractivity contribution in [3.05, 3.63) is 59.5 Å². The molecule has 0 fully saturated rings. The summed E-state index contributed by atoms with van der Waals surface area (Å²) >= 11 is 5.95. The van der Waals surface area contributed by atoms with Gasteiger partial charge in [0.25, 0.3) is 0 Å². The van der Waals surface area contributed by atoms with Crippen LogP contribution in [-0.4, -0.2) is 4.98 Å². The number of nitrogens with two attached hydrogens (primary N) is 1. The average molecular weight is 289 g/mol. The summed E-state index contributed by atoms with van der Waals surface area (Å²) in [6.45, 7) is 0. The number of benzene rings is 2. The Morgan fingerprint density at radius 2 is 1.90 bits per heavy atom. The number of nitrogens with zero attached hydrogens (tertiary/aromatic N) is 1. The van der Waals surface area contributed by atoms with Gasteiger partial charge in [0.05, 0.1) is 5.02 Å². The first-order chi connectivity index (χ1) is 9.65. The molecule has 3 aromatic rings. The lowest BCUT2D eigenvalue weighted by atomic mass is 10.1. The van der Waals surface area contributed by atoms with E-state index >= 15 is 0 Å². The van der Waals surface area contributed by atoms with Crippen molar-refractivity contribution in [1.29, 1.82) is 0 Å². The van der Waals surface area contributed by atoms with Gasteiger partial charge < -0.3 is 10.5 Å². The minimum Gasteiger partial charge on any atom is -0.454 e. The first kappa shape index (κ1) is 12.7. The van der Waals surface area contributed by atoms with Gasteiger partial charge in [0.2, 0.25) is 0 Å². The zero-order valence-electron chi connectivity index (χ0n) is 10.3. The van der Waals surface area contributed by atoms with Crippen molar-refractivity contribution >= 4 is 28.2 Å². The Kier molecular flexibility index (Phi) is 3.16. The average Bonchev–Trinajstić information content (AvgIpc) is 2.45. The molecule has 0 aliphatic rings. The molecule has 2 N–H and O–H groups in total. The maximum absolute atomic E-state index is 13.0. The zero-order valence-corrected chi connectivity index (χ0v) is 11.1. The van der Waals surface area contributed by atoms with Crippen molar-refractivity contribution in [1.82, 2.24) is 4.98 Å². The van der Waals surface area contributed by atoms with Crippen LogP contribution in [0.25, 0.3) is 10.9 Å². The van der Waals surface area contributed by atoms with Crippen LogP contribution in [0.3, 0.4) is 0 Å². The molecule has 0 atom stereocenters. The molecule has 0 aliphatic heterocycles. The van der Waals surface area contributed by atoms with Crippen LogP contribution in [-0.2, 0) is 0 Å². The fraction of sp³-hybridized carbons (Fsp3) is 0. The molecule has 0 saturated carbocycles. The van der Waals surface area contributed by atoms with Crippen LogP contribution >= 0.6 is 11.6 Å². The standard InChI is InChI=1S/C15H10ClFN2O/c16-11-8-9(17)3-5-13(11)20-14-6-4-12(18)10-2-1-7-19-15(10)14/h1-8H,18H2. The molecule has 100 valence electrons. The van der Waals surface area contributed by atoms with E-state index in [1.165, 1.54) is 18.2 Å². The van der Waals surface area contributed by atoms with Gasteiger partial charge in [0.15, 0.2) is 5.75 Å². The monoisotopic (exact) mass is 288 g/mol. The summed E-state index contributed by atoms with van der Waals surface area (Å²) < 4.78 is 18.7. The van der Waals surface area contributed by atoms with Crippen LogP contribution in [0, 0.1) is 5.82 Å². The van der Waals surface area contributed by atoms with E-state index in [1.807, 2.05) is 6.07 Å². The van der Waals surface area contributed by atoms with Gasteiger partial charge in [-0.05, 0) is 42.5 Å². The molecule has 2 aromatic carbocycles. The van der Waals surface area contributed by atoms with Crippen LogP contribution < -0.4 is 10.5 Å². The molecular formula is C15H10ClFN2O. The predicted molar refractivity (Wildman–Crippen MR) is 77.6 cm³/mol. The number of rotatable bonds is 2. The van der Waals surface area contributed by atoms with Crippen molar-refractivity contribution in [2.45, 2.75) is 0 Å². The lowest BCUT2D eigenvalue weighted by Crippen LogP contribution is -1.93. The van der Waals surface area contributed by atoms with Gasteiger partial charge in [0, 0.05) is 17.3 Å². The fourth-order valence-electron chi connectivity index (χ4n) is 1.93. The van der Waals surface area contributed by atoms with Crippen molar-refractivity contribution in [2.75, 3.05) is 5.73 Å². The number of ether oxygens (including phenoxy) is 1. The minimum absolute atomic E-state index is 0.200. The van der Waals surface area contributed by atoms with Gasteiger partial charge in [-0.2, -0.15) is 0 Å². The Balaban J connectivity index is 2.09. The quantitative estimate of drug-likeness (QED) is 0.711. The van der Waals surface area contributed by atoms with Crippen molar-refractivity contribution in [2.24, 2.45) is 0 Å².